The molecule has 0 radical (unpaired) electrons. The van der Waals surface area contributed by atoms with Crippen LogP contribution in [0.25, 0.3) is 0 Å². The summed E-state index contributed by atoms with van der Waals surface area (Å²) in [6.07, 6.45) is 18.9. The van der Waals surface area contributed by atoms with E-state index in [0.29, 0.717) is 13.2 Å². The van der Waals surface area contributed by atoms with Gasteiger partial charge >= 0.3 is 0 Å². The maximum Gasteiger partial charge on any atom is 0.225 e. The molecule has 0 fully saturated rings. The lowest BCUT2D eigenvalue weighted by Gasteiger charge is -2.22. The Bertz CT molecular complexity index is 1170. The molecule has 5 nitrogen and oxygen atoms in total. The van der Waals surface area contributed by atoms with Crippen LogP contribution in [0.1, 0.15) is 107 Å². The Morgan fingerprint density at radius 3 is 2.02 bits per heavy atom. The van der Waals surface area contributed by atoms with Gasteiger partial charge in [-0.25, -0.2) is 0 Å². The zero-order valence-electron chi connectivity index (χ0n) is 26.5. The lowest BCUT2D eigenvalue weighted by Crippen LogP contribution is -2.31. The van der Waals surface area contributed by atoms with Crippen LogP contribution in [0.4, 0.5) is 5.69 Å². The van der Waals surface area contributed by atoms with Crippen molar-refractivity contribution in [3.63, 3.8) is 0 Å². The first-order chi connectivity index (χ1) is 20.5. The van der Waals surface area contributed by atoms with Crippen molar-refractivity contribution in [1.29, 1.82) is 0 Å². The molecule has 42 heavy (non-hydrogen) atoms. The van der Waals surface area contributed by atoms with Gasteiger partial charge < -0.3 is 14.4 Å². The smallest absolute Gasteiger partial charge is 0.225 e. The second kappa shape index (κ2) is 19.4. The summed E-state index contributed by atoms with van der Waals surface area (Å²) in [6, 6.07) is 14.4. The Labute approximate surface area is 258 Å². The van der Waals surface area contributed by atoms with Crippen LogP contribution < -0.4 is 18.9 Å². The number of rotatable bonds is 21. The standard InChI is InChI=1S/C36H53N2O3S/c1-5-6-7-8-9-10-11-12-13-14-15-16-25-41-35-22-19-32(26-36(35)40-4)23-24-38(31(3)39)34-20-17-33(18-21-34)28-37-27-30(2)42-29-37/h17-22,26-27,29H,5-16,23-25,28H2,1-4H3/q+1. The Hall–Kier alpha value is -2.86. The van der Waals surface area contributed by atoms with Crippen molar-refractivity contribution in [2.45, 2.75) is 111 Å². The molecule has 0 saturated heterocycles. The molecule has 0 aliphatic rings. The Kier molecular flexibility index (Phi) is 15.5. The first-order valence-corrected chi connectivity index (χ1v) is 17.0. The van der Waals surface area contributed by atoms with Crippen LogP contribution in [-0.4, -0.2) is 26.2 Å². The molecule has 0 N–H and O–H groups in total. The number of ether oxygens (including phenoxy) is 2. The van der Waals surface area contributed by atoms with E-state index in [-0.39, 0.29) is 5.91 Å². The van der Waals surface area contributed by atoms with E-state index < -0.39 is 0 Å². The molecule has 3 rings (SSSR count). The summed E-state index contributed by atoms with van der Waals surface area (Å²) >= 11 is 1.75. The summed E-state index contributed by atoms with van der Waals surface area (Å²) in [5, 5.41) is 0. The average Bonchev–Trinajstić information content (AvgIpc) is 3.40. The van der Waals surface area contributed by atoms with E-state index in [9.17, 15) is 4.79 Å². The van der Waals surface area contributed by atoms with Gasteiger partial charge in [0.25, 0.3) is 0 Å². The lowest BCUT2D eigenvalue weighted by atomic mass is 10.1. The van der Waals surface area contributed by atoms with E-state index >= 15 is 0 Å². The number of methoxy groups -OCH3 is 1. The van der Waals surface area contributed by atoms with Crippen molar-refractivity contribution in [3.05, 3.63) is 70.2 Å². The van der Waals surface area contributed by atoms with Crippen molar-refractivity contribution in [2.24, 2.45) is 0 Å². The summed E-state index contributed by atoms with van der Waals surface area (Å²) in [4.78, 5) is 15.6. The number of nitrogens with zero attached hydrogens (tertiary/aromatic N) is 2. The summed E-state index contributed by atoms with van der Waals surface area (Å²) in [5.41, 5.74) is 5.40. The number of thiazole rings is 1. The third-order valence-electron chi connectivity index (χ3n) is 7.82. The molecular weight excluding hydrogens is 540 g/mol. The van der Waals surface area contributed by atoms with Gasteiger partial charge in [0, 0.05) is 24.7 Å². The van der Waals surface area contributed by atoms with E-state index in [1.165, 1.54) is 81.1 Å². The van der Waals surface area contributed by atoms with Gasteiger partial charge in [-0.3, -0.25) is 4.79 Å². The molecule has 0 aliphatic carbocycles. The van der Waals surface area contributed by atoms with Crippen molar-refractivity contribution < 1.29 is 18.8 Å². The van der Waals surface area contributed by atoms with Crippen molar-refractivity contribution >= 4 is 22.9 Å². The number of amides is 1. The van der Waals surface area contributed by atoms with E-state index in [0.717, 1.165) is 42.1 Å². The fourth-order valence-corrected chi connectivity index (χ4v) is 5.97. The minimum atomic E-state index is 0.0416. The Balaban J connectivity index is 1.38. The molecule has 1 amide bonds. The number of hydrogen-bond donors (Lipinski definition) is 0. The molecule has 230 valence electrons. The van der Waals surface area contributed by atoms with Crippen molar-refractivity contribution in [3.8, 4) is 11.5 Å². The molecule has 0 aliphatic heterocycles. The maximum atomic E-state index is 12.5. The van der Waals surface area contributed by atoms with Gasteiger partial charge in [-0.1, -0.05) is 107 Å². The normalized spacial score (nSPS) is 11.0. The fourth-order valence-electron chi connectivity index (χ4n) is 5.34. The number of anilines is 1. The summed E-state index contributed by atoms with van der Waals surface area (Å²) in [5.74, 6) is 1.59. The number of unbranched alkanes of at least 4 members (excludes halogenated alkanes) is 11. The number of carbonyl (C=O) groups excluding carboxylic acids is 1. The third-order valence-corrected chi connectivity index (χ3v) is 8.68. The highest BCUT2D eigenvalue weighted by Gasteiger charge is 2.14. The fraction of sp³-hybridized carbons (Fsp3) is 0.556. The van der Waals surface area contributed by atoms with Gasteiger partial charge in [-0.05, 0) is 49.6 Å². The van der Waals surface area contributed by atoms with Crippen LogP contribution in [-0.2, 0) is 17.8 Å². The van der Waals surface area contributed by atoms with Gasteiger partial charge in [-0.2, -0.15) is 4.57 Å². The number of hydrogen-bond acceptors (Lipinski definition) is 4. The highest BCUT2D eigenvalue weighted by atomic mass is 32.1. The minimum Gasteiger partial charge on any atom is -0.493 e. The van der Waals surface area contributed by atoms with Crippen molar-refractivity contribution in [1.82, 2.24) is 0 Å². The van der Waals surface area contributed by atoms with Crippen LogP contribution in [0.5, 0.6) is 11.5 Å². The molecule has 1 heterocycles. The molecule has 1 aromatic heterocycles. The highest BCUT2D eigenvalue weighted by Crippen LogP contribution is 2.29. The first kappa shape index (κ1) is 33.6. The summed E-state index contributed by atoms with van der Waals surface area (Å²) in [7, 11) is 1.69. The maximum absolute atomic E-state index is 12.5. The molecular formula is C36H53N2O3S+. The van der Waals surface area contributed by atoms with Gasteiger partial charge in [0.2, 0.25) is 11.4 Å². The molecule has 0 atom stereocenters. The van der Waals surface area contributed by atoms with Crippen LogP contribution in [0.2, 0.25) is 0 Å². The zero-order chi connectivity index (χ0) is 30.0. The average molecular weight is 594 g/mol. The van der Waals surface area contributed by atoms with E-state index in [1.807, 2.05) is 29.2 Å². The number of benzene rings is 2. The van der Waals surface area contributed by atoms with E-state index in [1.54, 1.807) is 25.4 Å². The molecule has 2 aromatic carbocycles. The monoisotopic (exact) mass is 593 g/mol. The Morgan fingerprint density at radius 1 is 0.833 bits per heavy atom. The number of carbonyl (C=O) groups is 1. The largest absolute Gasteiger partial charge is 0.493 e. The second-order valence-electron chi connectivity index (χ2n) is 11.4. The number of aromatic nitrogens is 1. The summed E-state index contributed by atoms with van der Waals surface area (Å²) in [6.45, 7) is 8.18. The number of aryl methyl sites for hydroxylation is 1. The SMILES string of the molecule is CCCCCCCCCCCCCCOc1ccc(CCN(C(C)=O)c2ccc(C[n+]3csc(C)c3)cc2)cc1OC. The van der Waals surface area contributed by atoms with E-state index in [4.69, 9.17) is 9.47 Å². The third kappa shape index (κ3) is 12.2. The van der Waals surface area contributed by atoms with E-state index in [2.05, 4.69) is 48.3 Å². The minimum absolute atomic E-state index is 0.0416. The van der Waals surface area contributed by atoms with Crippen LogP contribution in [0.15, 0.2) is 54.2 Å². The molecule has 3 aromatic rings. The first-order valence-electron chi connectivity index (χ1n) is 16.1. The predicted octanol–water partition coefficient (Wildman–Crippen LogP) is 9.08. The van der Waals surface area contributed by atoms with Gasteiger partial charge in [0.1, 0.15) is 0 Å². The molecule has 0 spiro atoms. The molecule has 0 saturated carbocycles. The molecule has 6 heteroatoms. The molecule has 0 unspecified atom stereocenters. The van der Waals surface area contributed by atoms with Crippen LogP contribution >= 0.6 is 11.3 Å². The topological polar surface area (TPSA) is 42.7 Å². The van der Waals surface area contributed by atoms with Gasteiger partial charge in [0.05, 0.1) is 18.6 Å². The quantitative estimate of drug-likeness (QED) is 0.0914. The van der Waals surface area contributed by atoms with Gasteiger partial charge in [-0.15, -0.1) is 0 Å². The van der Waals surface area contributed by atoms with Gasteiger partial charge in [0.15, 0.2) is 24.2 Å². The Morgan fingerprint density at radius 2 is 1.45 bits per heavy atom. The van der Waals surface area contributed by atoms with Crippen LogP contribution in [0, 0.1) is 6.92 Å². The summed E-state index contributed by atoms with van der Waals surface area (Å²) < 4.78 is 13.9. The van der Waals surface area contributed by atoms with Crippen molar-refractivity contribution in [2.75, 3.05) is 25.2 Å². The highest BCUT2D eigenvalue weighted by molar-refractivity contribution is 7.09. The second-order valence-corrected chi connectivity index (χ2v) is 12.5. The lowest BCUT2D eigenvalue weighted by molar-refractivity contribution is -0.683. The molecule has 0 bridgehead atoms. The predicted molar refractivity (Wildman–Crippen MR) is 176 cm³/mol. The van der Waals surface area contributed by atoms with Crippen LogP contribution in [0.3, 0.4) is 0 Å². The zero-order valence-corrected chi connectivity index (χ0v) is 27.4.